The molecule has 0 atom stereocenters. The molecule has 0 bridgehead atoms. The molecule has 0 unspecified atom stereocenters. The fourth-order valence-electron chi connectivity index (χ4n) is 2.96. The van der Waals surface area contributed by atoms with Crippen molar-refractivity contribution in [1.29, 1.82) is 0 Å². The molecule has 8 heteroatoms. The van der Waals surface area contributed by atoms with Crippen LogP contribution < -0.4 is 0 Å². The number of benzene rings is 4. The van der Waals surface area contributed by atoms with Gasteiger partial charge < -0.3 is 0 Å². The first-order valence-corrected chi connectivity index (χ1v) is 10.3. The highest BCUT2D eigenvalue weighted by molar-refractivity contribution is 7.86. The van der Waals surface area contributed by atoms with Crippen LogP contribution in [0.3, 0.4) is 0 Å². The fourth-order valence-corrected chi connectivity index (χ4v) is 2.96. The molecular weight excluding hydrogens is 445 g/mol. The number of halogens is 3. The Bertz CT molecular complexity index is 1260. The summed E-state index contributed by atoms with van der Waals surface area (Å²) in [4.78, 5) is 0. The summed E-state index contributed by atoms with van der Waals surface area (Å²) in [5.74, 6) is 0. The van der Waals surface area contributed by atoms with E-state index in [0.717, 1.165) is 0 Å². The zero-order valence-corrected chi connectivity index (χ0v) is 17.9. The van der Waals surface area contributed by atoms with Gasteiger partial charge in [-0.1, -0.05) is 91.0 Å². The quantitative estimate of drug-likeness (QED) is 0.266. The smallest absolute Gasteiger partial charge is 0.279 e. The average molecular weight is 465 g/mol. The molecule has 4 aromatic rings. The summed E-state index contributed by atoms with van der Waals surface area (Å²) in [6.45, 7) is 0. The lowest BCUT2D eigenvalue weighted by Gasteiger charge is -2.11. The Balaban J connectivity index is 0.000000329. The Hall–Kier alpha value is -2.81. The zero-order chi connectivity index (χ0) is 21.8. The third-order valence-corrected chi connectivity index (χ3v) is 4.95. The van der Waals surface area contributed by atoms with E-state index in [2.05, 4.69) is 97.1 Å². The van der Waals surface area contributed by atoms with Crippen molar-refractivity contribution in [2.45, 2.75) is 5.51 Å². The van der Waals surface area contributed by atoms with Gasteiger partial charge in [-0.15, -0.1) is 0 Å². The van der Waals surface area contributed by atoms with Gasteiger partial charge in [-0.25, -0.2) is 0 Å². The van der Waals surface area contributed by atoms with E-state index < -0.39 is 15.6 Å². The van der Waals surface area contributed by atoms with Gasteiger partial charge in [0, 0.05) is 0 Å². The lowest BCUT2D eigenvalue weighted by atomic mass is 9.93. The van der Waals surface area contributed by atoms with E-state index in [1.165, 1.54) is 33.0 Å². The van der Waals surface area contributed by atoms with Crippen LogP contribution in [0, 0.1) is 0 Å². The van der Waals surface area contributed by atoms with E-state index in [0.29, 0.717) is 0 Å². The maximum atomic E-state index is 10.7. The molecule has 0 aliphatic rings. The second-order valence-corrected chi connectivity index (χ2v) is 7.81. The molecule has 162 valence electrons. The molecule has 0 aromatic heterocycles. The van der Waals surface area contributed by atoms with Crippen molar-refractivity contribution in [3.8, 4) is 22.3 Å². The highest BCUT2D eigenvalue weighted by Gasteiger charge is 2.44. The number of fused-ring (bicyclic) bond motifs is 1. The van der Waals surface area contributed by atoms with Crippen LogP contribution >= 0.6 is 13.5 Å². The SMILES string of the molecule is O=S(=O)(O)C(F)(F)F.S.c1ccc(-c2ccccc2-c2ccc3ccccc3c2)cc1. The largest absolute Gasteiger partial charge is 0.522 e. The van der Waals surface area contributed by atoms with Crippen LogP contribution in [0.15, 0.2) is 97.1 Å². The molecule has 0 fully saturated rings. The Morgan fingerprint density at radius 3 is 1.61 bits per heavy atom. The second-order valence-electron chi connectivity index (χ2n) is 6.39. The van der Waals surface area contributed by atoms with Gasteiger partial charge in [0.1, 0.15) is 0 Å². The summed E-state index contributed by atoms with van der Waals surface area (Å²) in [7, 11) is -5.84. The third-order valence-electron chi connectivity index (χ3n) is 4.36. The molecule has 0 heterocycles. The molecule has 4 rings (SSSR count). The normalized spacial score (nSPS) is 11.2. The first kappa shape index (κ1) is 24.5. The Labute approximate surface area is 185 Å². The highest BCUT2D eigenvalue weighted by Crippen LogP contribution is 2.33. The number of alkyl halides is 3. The molecule has 0 amide bonds. The molecular formula is C23H19F3O3S2. The summed E-state index contributed by atoms with van der Waals surface area (Å²) >= 11 is 0. The summed E-state index contributed by atoms with van der Waals surface area (Å²) in [6, 6.07) is 34.4. The minimum absolute atomic E-state index is 0. The Morgan fingerprint density at radius 1 is 0.613 bits per heavy atom. The van der Waals surface area contributed by atoms with Gasteiger partial charge in [-0.3, -0.25) is 4.55 Å². The molecule has 0 aliphatic carbocycles. The number of rotatable bonds is 2. The monoisotopic (exact) mass is 464 g/mol. The van der Waals surface area contributed by atoms with Crippen LogP contribution in [0.5, 0.6) is 0 Å². The van der Waals surface area contributed by atoms with Crippen LogP contribution in [-0.2, 0) is 10.1 Å². The van der Waals surface area contributed by atoms with Crippen molar-refractivity contribution in [3.63, 3.8) is 0 Å². The zero-order valence-electron chi connectivity index (χ0n) is 16.0. The first-order valence-electron chi connectivity index (χ1n) is 8.84. The predicted molar refractivity (Wildman–Crippen MR) is 123 cm³/mol. The molecule has 0 radical (unpaired) electrons. The predicted octanol–water partition coefficient (Wildman–Crippen LogP) is 6.68. The van der Waals surface area contributed by atoms with Gasteiger partial charge in [0.25, 0.3) is 0 Å². The number of hydrogen-bond acceptors (Lipinski definition) is 2. The van der Waals surface area contributed by atoms with Crippen molar-refractivity contribution < 1.29 is 26.1 Å². The van der Waals surface area contributed by atoms with Crippen LogP contribution in [0.4, 0.5) is 13.2 Å². The summed E-state index contributed by atoms with van der Waals surface area (Å²) in [6.07, 6.45) is 0. The molecule has 31 heavy (non-hydrogen) atoms. The third kappa shape index (κ3) is 6.10. The maximum absolute atomic E-state index is 10.7. The van der Waals surface area contributed by atoms with Crippen LogP contribution in [0.25, 0.3) is 33.0 Å². The molecule has 3 nitrogen and oxygen atoms in total. The van der Waals surface area contributed by atoms with Crippen LogP contribution in [0.2, 0.25) is 0 Å². The van der Waals surface area contributed by atoms with Gasteiger partial charge in [-0.05, 0) is 39.1 Å². The summed E-state index contributed by atoms with van der Waals surface area (Å²) in [5, 5.41) is 2.56. The highest BCUT2D eigenvalue weighted by atomic mass is 32.2. The molecule has 0 saturated heterocycles. The van der Waals surface area contributed by atoms with Gasteiger partial charge in [-0.2, -0.15) is 35.1 Å². The lowest BCUT2D eigenvalue weighted by molar-refractivity contribution is -0.0510. The minimum atomic E-state index is -5.84. The van der Waals surface area contributed by atoms with Gasteiger partial charge >= 0.3 is 15.6 Å². The lowest BCUT2D eigenvalue weighted by Crippen LogP contribution is -2.21. The van der Waals surface area contributed by atoms with Crippen LogP contribution in [-0.4, -0.2) is 18.5 Å². The van der Waals surface area contributed by atoms with Crippen LogP contribution in [0.1, 0.15) is 0 Å². The summed E-state index contributed by atoms with van der Waals surface area (Å²) in [5.41, 5.74) is -0.463. The van der Waals surface area contributed by atoms with Crippen molar-refractivity contribution in [2.24, 2.45) is 0 Å². The van der Waals surface area contributed by atoms with Gasteiger partial charge in [0.05, 0.1) is 0 Å². The van der Waals surface area contributed by atoms with E-state index in [9.17, 15) is 13.2 Å². The standard InChI is InChI=1S/C22H16.CHF3O3S.H2S/c1-2-9-18(10-3-1)21-12-6-7-13-22(21)20-15-14-17-8-4-5-11-19(17)16-20;2-1(3,4)8(5,6)7;/h1-16H;(H,5,6,7);1H2. The molecule has 0 saturated carbocycles. The molecule has 0 spiro atoms. The molecule has 4 aromatic carbocycles. The van der Waals surface area contributed by atoms with Gasteiger partial charge in [0.2, 0.25) is 0 Å². The van der Waals surface area contributed by atoms with Gasteiger partial charge in [0.15, 0.2) is 0 Å². The van der Waals surface area contributed by atoms with E-state index in [1.807, 2.05) is 0 Å². The minimum Gasteiger partial charge on any atom is -0.279 e. The van der Waals surface area contributed by atoms with E-state index in [4.69, 9.17) is 13.0 Å². The molecule has 1 N–H and O–H groups in total. The Kier molecular flexibility index (Phi) is 7.89. The number of hydrogen-bond donors (Lipinski definition) is 1. The van der Waals surface area contributed by atoms with Crippen molar-refractivity contribution in [3.05, 3.63) is 97.1 Å². The first-order chi connectivity index (χ1) is 14.2. The van der Waals surface area contributed by atoms with Crippen molar-refractivity contribution in [1.82, 2.24) is 0 Å². The van der Waals surface area contributed by atoms with E-state index in [1.54, 1.807) is 0 Å². The van der Waals surface area contributed by atoms with Crippen molar-refractivity contribution >= 4 is 34.4 Å². The van der Waals surface area contributed by atoms with Crippen molar-refractivity contribution in [2.75, 3.05) is 0 Å². The van der Waals surface area contributed by atoms with E-state index in [-0.39, 0.29) is 13.5 Å². The topological polar surface area (TPSA) is 54.4 Å². The maximum Gasteiger partial charge on any atom is 0.522 e. The Morgan fingerprint density at radius 2 is 1.06 bits per heavy atom. The fraction of sp³-hybridized carbons (Fsp3) is 0.0435. The second kappa shape index (κ2) is 10.00. The summed E-state index contributed by atoms with van der Waals surface area (Å²) < 4.78 is 57.5. The molecule has 0 aliphatic heterocycles. The van der Waals surface area contributed by atoms with E-state index >= 15 is 0 Å². The average Bonchev–Trinajstić information content (AvgIpc) is 2.73.